The molecule has 2 aromatic rings. The number of nitrogens with one attached hydrogen (secondary N) is 1. The van der Waals surface area contributed by atoms with Crippen molar-refractivity contribution in [1.29, 1.82) is 0 Å². The van der Waals surface area contributed by atoms with Gasteiger partial charge in [0.1, 0.15) is 5.75 Å². The quantitative estimate of drug-likeness (QED) is 0.614. The topological polar surface area (TPSA) is 30.5 Å². The highest BCUT2D eigenvalue weighted by Gasteiger charge is 2.41. The van der Waals surface area contributed by atoms with Crippen LogP contribution in [0.4, 0.5) is 0 Å². The van der Waals surface area contributed by atoms with Crippen molar-refractivity contribution in [3.05, 3.63) is 65.7 Å². The van der Waals surface area contributed by atoms with Gasteiger partial charge < -0.3 is 14.8 Å². The van der Waals surface area contributed by atoms with Gasteiger partial charge in [-0.15, -0.1) is 0 Å². The molecule has 0 unspecified atom stereocenters. The van der Waals surface area contributed by atoms with Crippen LogP contribution in [0.15, 0.2) is 54.6 Å². The Morgan fingerprint density at radius 2 is 1.75 bits per heavy atom. The van der Waals surface area contributed by atoms with Crippen LogP contribution >= 0.6 is 0 Å². The molecule has 2 aromatic carbocycles. The lowest BCUT2D eigenvalue weighted by atomic mass is 9.67. The maximum Gasteiger partial charge on any atom is 0.119 e. The van der Waals surface area contributed by atoms with Gasteiger partial charge in [-0.25, -0.2) is 0 Å². The first-order chi connectivity index (χ1) is 13.4. The van der Waals surface area contributed by atoms with Crippen molar-refractivity contribution in [2.24, 2.45) is 0 Å². The molecular formula is C25H35NO2. The Balaban J connectivity index is 1.59. The lowest BCUT2D eigenvalue weighted by Crippen LogP contribution is -2.45. The predicted octanol–water partition coefficient (Wildman–Crippen LogP) is 5.48. The first-order valence-corrected chi connectivity index (χ1v) is 10.5. The van der Waals surface area contributed by atoms with E-state index in [0.717, 1.165) is 44.7 Å². The number of ether oxygens (including phenoxy) is 2. The van der Waals surface area contributed by atoms with Crippen LogP contribution in [-0.4, -0.2) is 24.9 Å². The predicted molar refractivity (Wildman–Crippen MR) is 116 cm³/mol. The molecule has 1 atom stereocenters. The highest BCUT2D eigenvalue weighted by atomic mass is 16.5. The number of hydrogen-bond acceptors (Lipinski definition) is 3. The third-order valence-electron chi connectivity index (χ3n) is 5.63. The van der Waals surface area contributed by atoms with Gasteiger partial charge in [-0.05, 0) is 76.8 Å². The summed E-state index contributed by atoms with van der Waals surface area (Å²) in [6, 6.07) is 19.4. The van der Waals surface area contributed by atoms with Crippen LogP contribution in [-0.2, 0) is 16.7 Å². The molecule has 0 spiro atoms. The van der Waals surface area contributed by atoms with Crippen LogP contribution in [0.2, 0.25) is 0 Å². The number of rotatable bonds is 8. The average molecular weight is 382 g/mol. The van der Waals surface area contributed by atoms with Crippen LogP contribution in [0.5, 0.6) is 5.75 Å². The Morgan fingerprint density at radius 1 is 1.04 bits per heavy atom. The third kappa shape index (κ3) is 5.59. The van der Waals surface area contributed by atoms with Gasteiger partial charge in [0.2, 0.25) is 0 Å². The summed E-state index contributed by atoms with van der Waals surface area (Å²) in [5, 5.41) is 3.65. The van der Waals surface area contributed by atoms with Crippen LogP contribution in [0, 0.1) is 0 Å². The summed E-state index contributed by atoms with van der Waals surface area (Å²) >= 11 is 0. The summed E-state index contributed by atoms with van der Waals surface area (Å²) in [5.41, 5.74) is 2.85. The molecular weight excluding hydrogens is 346 g/mol. The molecule has 0 aromatic heterocycles. The normalized spacial score (nSPS) is 21.6. The SMILES string of the molecule is CC(C)Oc1ccc(CNCC[C@@]2(c3ccccc3)CCOC(C)(C)C2)cc1. The molecule has 1 fully saturated rings. The van der Waals surface area contributed by atoms with Crippen molar-refractivity contribution in [3.8, 4) is 5.75 Å². The van der Waals surface area contributed by atoms with E-state index < -0.39 is 0 Å². The molecule has 3 rings (SSSR count). The van der Waals surface area contributed by atoms with Gasteiger partial charge in [-0.1, -0.05) is 42.5 Å². The summed E-state index contributed by atoms with van der Waals surface area (Å²) in [6.45, 7) is 11.3. The van der Waals surface area contributed by atoms with E-state index >= 15 is 0 Å². The van der Waals surface area contributed by atoms with E-state index in [2.05, 4.69) is 87.6 Å². The minimum atomic E-state index is -0.0691. The maximum atomic E-state index is 6.02. The summed E-state index contributed by atoms with van der Waals surface area (Å²) in [6.07, 6.45) is 3.48. The van der Waals surface area contributed by atoms with Crippen molar-refractivity contribution >= 4 is 0 Å². The van der Waals surface area contributed by atoms with E-state index in [1.807, 2.05) is 0 Å². The molecule has 0 aliphatic carbocycles. The Labute approximate surface area is 170 Å². The standard InChI is InChI=1S/C25H35NO2/c1-20(2)28-23-12-10-21(11-13-23)18-26-16-14-25(22-8-6-5-7-9-22)15-17-27-24(3,4)19-25/h5-13,20,26H,14-19H2,1-4H3/t25-/m1/s1. The molecule has 1 aliphatic heterocycles. The Kier molecular flexibility index (Phi) is 6.79. The minimum Gasteiger partial charge on any atom is -0.491 e. The lowest BCUT2D eigenvalue weighted by molar-refractivity contribution is -0.0840. The zero-order valence-electron chi connectivity index (χ0n) is 17.8. The molecule has 1 saturated heterocycles. The van der Waals surface area contributed by atoms with E-state index in [4.69, 9.17) is 9.47 Å². The molecule has 0 amide bonds. The van der Waals surface area contributed by atoms with Gasteiger partial charge in [-0.3, -0.25) is 0 Å². The maximum absolute atomic E-state index is 6.02. The van der Waals surface area contributed by atoms with E-state index in [1.54, 1.807) is 0 Å². The largest absolute Gasteiger partial charge is 0.491 e. The summed E-state index contributed by atoms with van der Waals surface area (Å²) < 4.78 is 11.7. The zero-order valence-corrected chi connectivity index (χ0v) is 17.8. The fourth-order valence-corrected chi connectivity index (χ4v) is 4.39. The molecule has 0 bridgehead atoms. The molecule has 1 heterocycles. The number of benzene rings is 2. The second-order valence-electron chi connectivity index (χ2n) is 8.92. The molecule has 3 nitrogen and oxygen atoms in total. The van der Waals surface area contributed by atoms with Gasteiger partial charge in [0.25, 0.3) is 0 Å². The molecule has 0 saturated carbocycles. The molecule has 1 N–H and O–H groups in total. The summed E-state index contributed by atoms with van der Waals surface area (Å²) in [4.78, 5) is 0. The van der Waals surface area contributed by atoms with Crippen LogP contribution in [0.1, 0.15) is 58.1 Å². The fourth-order valence-electron chi connectivity index (χ4n) is 4.39. The first-order valence-electron chi connectivity index (χ1n) is 10.5. The lowest BCUT2D eigenvalue weighted by Gasteiger charge is -2.45. The zero-order chi connectivity index (χ0) is 20.0. The van der Waals surface area contributed by atoms with Crippen LogP contribution < -0.4 is 10.1 Å². The van der Waals surface area contributed by atoms with Gasteiger partial charge in [0.15, 0.2) is 0 Å². The van der Waals surface area contributed by atoms with Crippen molar-refractivity contribution in [1.82, 2.24) is 5.32 Å². The molecule has 1 aliphatic rings. The van der Waals surface area contributed by atoms with Crippen molar-refractivity contribution in [2.45, 2.75) is 70.6 Å². The Bertz CT molecular complexity index is 724. The van der Waals surface area contributed by atoms with Crippen LogP contribution in [0.3, 0.4) is 0 Å². The van der Waals surface area contributed by atoms with Gasteiger partial charge in [-0.2, -0.15) is 0 Å². The van der Waals surface area contributed by atoms with E-state index in [0.29, 0.717) is 0 Å². The first kappa shape index (κ1) is 20.9. The second-order valence-corrected chi connectivity index (χ2v) is 8.92. The molecule has 3 heteroatoms. The van der Waals surface area contributed by atoms with Gasteiger partial charge in [0.05, 0.1) is 11.7 Å². The second kappa shape index (κ2) is 9.11. The molecule has 152 valence electrons. The summed E-state index contributed by atoms with van der Waals surface area (Å²) in [5.74, 6) is 0.936. The monoisotopic (exact) mass is 381 g/mol. The Hall–Kier alpha value is -1.84. The smallest absolute Gasteiger partial charge is 0.119 e. The minimum absolute atomic E-state index is 0.0691. The van der Waals surface area contributed by atoms with Crippen molar-refractivity contribution < 1.29 is 9.47 Å². The third-order valence-corrected chi connectivity index (χ3v) is 5.63. The van der Waals surface area contributed by atoms with Gasteiger partial charge in [0, 0.05) is 18.6 Å². The average Bonchev–Trinajstić information content (AvgIpc) is 2.66. The van der Waals surface area contributed by atoms with Crippen LogP contribution in [0.25, 0.3) is 0 Å². The molecule has 0 radical (unpaired) electrons. The highest BCUT2D eigenvalue weighted by Crippen LogP contribution is 2.43. The Morgan fingerprint density at radius 3 is 2.39 bits per heavy atom. The van der Waals surface area contributed by atoms with Gasteiger partial charge >= 0.3 is 0 Å². The van der Waals surface area contributed by atoms with E-state index in [9.17, 15) is 0 Å². The van der Waals surface area contributed by atoms with E-state index in [1.165, 1.54) is 11.1 Å². The van der Waals surface area contributed by atoms with Crippen molar-refractivity contribution in [2.75, 3.05) is 13.2 Å². The molecule has 28 heavy (non-hydrogen) atoms. The van der Waals surface area contributed by atoms with Crippen molar-refractivity contribution in [3.63, 3.8) is 0 Å². The highest BCUT2D eigenvalue weighted by molar-refractivity contribution is 5.28. The summed E-state index contributed by atoms with van der Waals surface area (Å²) in [7, 11) is 0. The number of hydrogen-bond donors (Lipinski definition) is 1. The fraction of sp³-hybridized carbons (Fsp3) is 0.520. The van der Waals surface area contributed by atoms with E-state index in [-0.39, 0.29) is 17.1 Å².